The van der Waals surface area contributed by atoms with Gasteiger partial charge in [-0.15, -0.1) is 11.3 Å². The molecule has 30 heavy (non-hydrogen) atoms. The Morgan fingerprint density at radius 3 is 2.57 bits per heavy atom. The SMILES string of the molecule is C/C=C\c1c(C)sc2c(C)nc(-c3ccc4c(c3)CCC(c3ccccc3)=C4)nc12. The number of nitrogens with zero attached hydrogens (tertiary/aromatic N) is 2. The molecular formula is C27H24N2S. The zero-order chi connectivity index (χ0) is 20.7. The highest BCUT2D eigenvalue weighted by Crippen LogP contribution is 2.35. The highest BCUT2D eigenvalue weighted by Gasteiger charge is 2.16. The van der Waals surface area contributed by atoms with E-state index in [9.17, 15) is 0 Å². The van der Waals surface area contributed by atoms with Gasteiger partial charge in [-0.25, -0.2) is 9.97 Å². The first-order valence-electron chi connectivity index (χ1n) is 10.4. The van der Waals surface area contributed by atoms with E-state index in [1.165, 1.54) is 37.4 Å². The van der Waals surface area contributed by atoms with Crippen LogP contribution in [0.4, 0.5) is 0 Å². The van der Waals surface area contributed by atoms with Crippen molar-refractivity contribution in [1.82, 2.24) is 9.97 Å². The summed E-state index contributed by atoms with van der Waals surface area (Å²) in [5.41, 5.74) is 9.87. The van der Waals surface area contributed by atoms with Gasteiger partial charge in [0.05, 0.1) is 15.9 Å². The van der Waals surface area contributed by atoms with Crippen LogP contribution in [-0.2, 0) is 6.42 Å². The Bertz CT molecular complexity index is 1310. The fraction of sp³-hybridized carbons (Fsp3) is 0.185. The molecule has 1 aliphatic carbocycles. The van der Waals surface area contributed by atoms with E-state index in [1.807, 2.05) is 0 Å². The van der Waals surface area contributed by atoms with Crippen LogP contribution < -0.4 is 0 Å². The van der Waals surface area contributed by atoms with Crippen molar-refractivity contribution in [2.75, 3.05) is 0 Å². The molecule has 0 fully saturated rings. The number of benzene rings is 2. The van der Waals surface area contributed by atoms with Crippen LogP contribution in [0.1, 0.15) is 46.2 Å². The average Bonchev–Trinajstić information content (AvgIpc) is 3.10. The van der Waals surface area contributed by atoms with Gasteiger partial charge >= 0.3 is 0 Å². The zero-order valence-corrected chi connectivity index (χ0v) is 18.4. The summed E-state index contributed by atoms with van der Waals surface area (Å²) in [5, 5.41) is 0. The van der Waals surface area contributed by atoms with Crippen LogP contribution in [0, 0.1) is 13.8 Å². The summed E-state index contributed by atoms with van der Waals surface area (Å²) in [7, 11) is 0. The Kier molecular flexibility index (Phi) is 4.84. The second-order valence-corrected chi connectivity index (χ2v) is 9.06. The highest BCUT2D eigenvalue weighted by molar-refractivity contribution is 7.19. The van der Waals surface area contributed by atoms with E-state index in [4.69, 9.17) is 9.97 Å². The number of thiophene rings is 1. The number of fused-ring (bicyclic) bond motifs is 2. The van der Waals surface area contributed by atoms with Crippen molar-refractivity contribution >= 4 is 39.3 Å². The van der Waals surface area contributed by atoms with Crippen molar-refractivity contribution in [3.8, 4) is 11.4 Å². The first kappa shape index (κ1) is 19.0. The maximum Gasteiger partial charge on any atom is 0.160 e. The number of aryl methyl sites for hydroxylation is 3. The Morgan fingerprint density at radius 1 is 0.933 bits per heavy atom. The molecule has 2 aromatic carbocycles. The Balaban J connectivity index is 1.57. The van der Waals surface area contributed by atoms with Gasteiger partial charge in [-0.3, -0.25) is 0 Å². The average molecular weight is 409 g/mol. The van der Waals surface area contributed by atoms with Crippen LogP contribution in [0.2, 0.25) is 0 Å². The van der Waals surface area contributed by atoms with Crippen molar-refractivity contribution in [3.63, 3.8) is 0 Å². The van der Waals surface area contributed by atoms with Crippen LogP contribution in [0.3, 0.4) is 0 Å². The van der Waals surface area contributed by atoms with E-state index in [1.54, 1.807) is 11.3 Å². The largest absolute Gasteiger partial charge is 0.232 e. The minimum Gasteiger partial charge on any atom is -0.232 e. The van der Waals surface area contributed by atoms with E-state index >= 15 is 0 Å². The Hall–Kier alpha value is -3.04. The lowest BCUT2D eigenvalue weighted by molar-refractivity contribution is 1.000. The standard InChI is InChI=1S/C27H24N2S/c1-4-8-24-18(3)30-26-17(2)28-27(29-25(24)26)23-14-13-21-15-20(11-12-22(21)16-23)19-9-6-5-7-10-19/h4-10,13-16H,11-12H2,1-3H3/b8-4-. The van der Waals surface area contributed by atoms with E-state index in [0.717, 1.165) is 35.4 Å². The number of rotatable bonds is 3. The summed E-state index contributed by atoms with van der Waals surface area (Å²) in [6, 6.07) is 17.4. The summed E-state index contributed by atoms with van der Waals surface area (Å²) in [6.45, 7) is 6.31. The second-order valence-electron chi connectivity index (χ2n) is 7.83. The van der Waals surface area contributed by atoms with Gasteiger partial charge in [0.2, 0.25) is 0 Å². The summed E-state index contributed by atoms with van der Waals surface area (Å²) < 4.78 is 1.19. The van der Waals surface area contributed by atoms with Crippen LogP contribution >= 0.6 is 11.3 Å². The van der Waals surface area contributed by atoms with E-state index < -0.39 is 0 Å². The van der Waals surface area contributed by atoms with Gasteiger partial charge in [-0.1, -0.05) is 60.7 Å². The van der Waals surface area contributed by atoms with Crippen LogP contribution in [-0.4, -0.2) is 9.97 Å². The molecule has 0 N–H and O–H groups in total. The minimum atomic E-state index is 0.823. The van der Waals surface area contributed by atoms with Gasteiger partial charge in [0, 0.05) is 16.0 Å². The molecule has 0 aliphatic heterocycles. The number of hydrogen-bond donors (Lipinski definition) is 0. The van der Waals surface area contributed by atoms with Crippen LogP contribution in [0.5, 0.6) is 0 Å². The molecule has 4 aromatic rings. The molecule has 0 atom stereocenters. The molecule has 0 saturated carbocycles. The Labute approximate surface area is 181 Å². The maximum absolute atomic E-state index is 4.99. The van der Waals surface area contributed by atoms with Gasteiger partial charge in [0.15, 0.2) is 5.82 Å². The molecule has 2 aromatic heterocycles. The van der Waals surface area contributed by atoms with Crippen LogP contribution in [0.25, 0.3) is 39.3 Å². The first-order valence-corrected chi connectivity index (χ1v) is 11.3. The fourth-order valence-electron chi connectivity index (χ4n) is 4.25. The number of allylic oxidation sites excluding steroid dienone is 2. The monoisotopic (exact) mass is 408 g/mol. The molecule has 0 saturated heterocycles. The van der Waals surface area contributed by atoms with Crippen molar-refractivity contribution in [2.45, 2.75) is 33.6 Å². The summed E-state index contributed by atoms with van der Waals surface area (Å²) >= 11 is 1.79. The summed E-state index contributed by atoms with van der Waals surface area (Å²) in [6.07, 6.45) is 8.69. The molecule has 148 valence electrons. The van der Waals surface area contributed by atoms with Gasteiger partial charge in [0.1, 0.15) is 0 Å². The summed E-state index contributed by atoms with van der Waals surface area (Å²) in [5.74, 6) is 0.823. The number of aromatic nitrogens is 2. The normalized spacial score (nSPS) is 13.6. The molecule has 0 amide bonds. The third kappa shape index (κ3) is 3.29. The minimum absolute atomic E-state index is 0.823. The van der Waals surface area contributed by atoms with Gasteiger partial charge < -0.3 is 0 Å². The lowest BCUT2D eigenvalue weighted by Gasteiger charge is -2.18. The lowest BCUT2D eigenvalue weighted by Crippen LogP contribution is -2.00. The van der Waals surface area contributed by atoms with E-state index in [2.05, 4.69) is 87.5 Å². The molecule has 2 heterocycles. The van der Waals surface area contributed by atoms with Crippen molar-refractivity contribution < 1.29 is 0 Å². The smallest absolute Gasteiger partial charge is 0.160 e. The highest BCUT2D eigenvalue weighted by atomic mass is 32.1. The van der Waals surface area contributed by atoms with Crippen molar-refractivity contribution in [3.05, 3.63) is 87.4 Å². The van der Waals surface area contributed by atoms with E-state index in [-0.39, 0.29) is 0 Å². The van der Waals surface area contributed by atoms with Gasteiger partial charge in [-0.2, -0.15) is 0 Å². The molecule has 2 nitrogen and oxygen atoms in total. The zero-order valence-electron chi connectivity index (χ0n) is 17.6. The predicted octanol–water partition coefficient (Wildman–Crippen LogP) is 7.50. The first-order chi connectivity index (χ1) is 14.6. The van der Waals surface area contributed by atoms with Gasteiger partial charge in [0.25, 0.3) is 0 Å². The lowest BCUT2D eigenvalue weighted by atomic mass is 9.88. The predicted molar refractivity (Wildman–Crippen MR) is 130 cm³/mol. The molecule has 0 bridgehead atoms. The number of hydrogen-bond acceptors (Lipinski definition) is 3. The molecular weight excluding hydrogens is 384 g/mol. The van der Waals surface area contributed by atoms with Gasteiger partial charge in [-0.05, 0) is 61.9 Å². The second kappa shape index (κ2) is 7.66. The molecule has 0 spiro atoms. The molecule has 1 aliphatic rings. The van der Waals surface area contributed by atoms with E-state index in [0.29, 0.717) is 0 Å². The third-order valence-electron chi connectivity index (χ3n) is 5.80. The molecule has 5 rings (SSSR count). The molecule has 0 radical (unpaired) electrons. The summed E-state index contributed by atoms with van der Waals surface area (Å²) in [4.78, 5) is 11.1. The molecule has 0 unspecified atom stereocenters. The Morgan fingerprint density at radius 2 is 1.77 bits per heavy atom. The van der Waals surface area contributed by atoms with Crippen molar-refractivity contribution in [2.24, 2.45) is 0 Å². The molecule has 3 heteroatoms. The maximum atomic E-state index is 4.99. The fourth-order valence-corrected chi connectivity index (χ4v) is 5.27. The van der Waals surface area contributed by atoms with Crippen LogP contribution in [0.15, 0.2) is 54.6 Å². The third-order valence-corrected chi connectivity index (χ3v) is 7.02. The van der Waals surface area contributed by atoms with Crippen molar-refractivity contribution in [1.29, 1.82) is 0 Å². The topological polar surface area (TPSA) is 25.8 Å². The quantitative estimate of drug-likeness (QED) is 0.351.